The number of hydrogen-bond donors (Lipinski definition) is 2. The van der Waals surface area contributed by atoms with E-state index in [1.807, 2.05) is 12.1 Å². The van der Waals surface area contributed by atoms with Crippen molar-refractivity contribution in [1.82, 2.24) is 10.6 Å². The molecule has 0 saturated heterocycles. The van der Waals surface area contributed by atoms with E-state index in [4.69, 9.17) is 13.9 Å². The molecule has 1 heterocycles. The number of nitrogens with one attached hydrogen (secondary N) is 2. The van der Waals surface area contributed by atoms with Crippen molar-refractivity contribution in [3.05, 3.63) is 24.2 Å². The molecule has 0 aromatic carbocycles. The van der Waals surface area contributed by atoms with Crippen LogP contribution in [-0.2, 0) is 16.1 Å². The summed E-state index contributed by atoms with van der Waals surface area (Å²) >= 11 is 0. The van der Waals surface area contributed by atoms with E-state index in [0.29, 0.717) is 19.3 Å². The first-order chi connectivity index (χ1) is 12.4. The van der Waals surface area contributed by atoms with Crippen LogP contribution in [0.15, 0.2) is 27.8 Å². The maximum Gasteiger partial charge on any atom is 0.190 e. The zero-order chi connectivity index (χ0) is 17.6. The molecule has 1 aromatic heterocycles. The molecule has 1 fully saturated rings. The van der Waals surface area contributed by atoms with Gasteiger partial charge in [0.1, 0.15) is 12.4 Å². The predicted molar refractivity (Wildman–Crippen MR) is 115 cm³/mol. The van der Waals surface area contributed by atoms with Gasteiger partial charge in [-0.05, 0) is 37.8 Å². The smallest absolute Gasteiger partial charge is 0.190 e. The standard InChI is InChI=1S/C19H33N3O3.HI/c1-20-19(21-11-6-13-23-16-18-10-5-14-25-18)22-12-7-15-24-17-8-3-2-4-9-17;/h5,10,14,17H,2-4,6-9,11-13,15-16H2,1H3,(H2,20,21,22);1H. The van der Waals surface area contributed by atoms with Crippen LogP contribution in [0.5, 0.6) is 0 Å². The van der Waals surface area contributed by atoms with Gasteiger partial charge in [-0.3, -0.25) is 4.99 Å². The van der Waals surface area contributed by atoms with Crippen molar-refractivity contribution < 1.29 is 13.9 Å². The lowest BCUT2D eigenvalue weighted by molar-refractivity contribution is 0.0277. The third kappa shape index (κ3) is 10.4. The fourth-order valence-corrected chi connectivity index (χ4v) is 2.93. The summed E-state index contributed by atoms with van der Waals surface area (Å²) in [6, 6.07) is 3.79. The van der Waals surface area contributed by atoms with Crippen molar-refractivity contribution in [2.24, 2.45) is 4.99 Å². The van der Waals surface area contributed by atoms with Crippen molar-refractivity contribution in [3.63, 3.8) is 0 Å². The van der Waals surface area contributed by atoms with Crippen LogP contribution in [0.1, 0.15) is 50.7 Å². The quantitative estimate of drug-likeness (QED) is 0.219. The predicted octanol–water partition coefficient (Wildman–Crippen LogP) is 3.71. The third-order valence-electron chi connectivity index (χ3n) is 4.33. The van der Waals surface area contributed by atoms with Gasteiger partial charge >= 0.3 is 0 Å². The fraction of sp³-hybridized carbons (Fsp3) is 0.737. The minimum absolute atomic E-state index is 0. The third-order valence-corrected chi connectivity index (χ3v) is 4.33. The van der Waals surface area contributed by atoms with Gasteiger partial charge in [0.15, 0.2) is 5.96 Å². The van der Waals surface area contributed by atoms with E-state index in [9.17, 15) is 0 Å². The van der Waals surface area contributed by atoms with E-state index < -0.39 is 0 Å². The molecular weight excluding hydrogens is 445 g/mol. The number of hydrogen-bond acceptors (Lipinski definition) is 4. The molecule has 0 bridgehead atoms. The Labute approximate surface area is 174 Å². The van der Waals surface area contributed by atoms with E-state index >= 15 is 0 Å². The maximum atomic E-state index is 5.93. The first-order valence-electron chi connectivity index (χ1n) is 9.54. The lowest BCUT2D eigenvalue weighted by Gasteiger charge is -2.22. The van der Waals surface area contributed by atoms with Gasteiger partial charge in [-0.2, -0.15) is 0 Å². The molecule has 0 aliphatic heterocycles. The van der Waals surface area contributed by atoms with Crippen molar-refractivity contribution in [2.75, 3.05) is 33.4 Å². The van der Waals surface area contributed by atoms with Crippen molar-refractivity contribution in [2.45, 2.75) is 57.7 Å². The van der Waals surface area contributed by atoms with Gasteiger partial charge in [0.25, 0.3) is 0 Å². The van der Waals surface area contributed by atoms with Crippen LogP contribution >= 0.6 is 24.0 Å². The average Bonchev–Trinajstić information content (AvgIpc) is 3.17. The first-order valence-corrected chi connectivity index (χ1v) is 9.54. The lowest BCUT2D eigenvalue weighted by atomic mass is 9.98. The SMILES string of the molecule is CN=C(NCCCOCc1ccco1)NCCCOC1CCCCC1.I. The highest BCUT2D eigenvalue weighted by Gasteiger charge is 2.12. The summed E-state index contributed by atoms with van der Waals surface area (Å²) in [6.45, 7) is 3.76. The number of halogens is 1. The van der Waals surface area contributed by atoms with Gasteiger partial charge in [0.05, 0.1) is 12.4 Å². The van der Waals surface area contributed by atoms with Crippen molar-refractivity contribution in [3.8, 4) is 0 Å². The molecule has 0 amide bonds. The highest BCUT2D eigenvalue weighted by atomic mass is 127. The second-order valence-electron chi connectivity index (χ2n) is 6.40. The summed E-state index contributed by atoms with van der Waals surface area (Å²) in [5.74, 6) is 1.70. The second kappa shape index (κ2) is 15.3. The molecule has 0 unspecified atom stereocenters. The minimum Gasteiger partial charge on any atom is -0.467 e. The summed E-state index contributed by atoms with van der Waals surface area (Å²) in [5, 5.41) is 6.62. The molecular formula is C19H34IN3O3. The van der Waals surface area contributed by atoms with Crippen molar-refractivity contribution >= 4 is 29.9 Å². The van der Waals surface area contributed by atoms with Gasteiger partial charge in [-0.1, -0.05) is 19.3 Å². The lowest BCUT2D eigenvalue weighted by Crippen LogP contribution is -2.38. The van der Waals surface area contributed by atoms with Gasteiger partial charge < -0.3 is 24.5 Å². The highest BCUT2D eigenvalue weighted by Crippen LogP contribution is 2.20. The molecule has 26 heavy (non-hydrogen) atoms. The summed E-state index contributed by atoms with van der Waals surface area (Å²) in [5.41, 5.74) is 0. The van der Waals surface area contributed by atoms with Crippen LogP contribution < -0.4 is 10.6 Å². The van der Waals surface area contributed by atoms with Gasteiger partial charge in [-0.15, -0.1) is 24.0 Å². The summed E-state index contributed by atoms with van der Waals surface area (Å²) in [4.78, 5) is 4.23. The molecule has 6 nitrogen and oxygen atoms in total. The average molecular weight is 479 g/mol. The zero-order valence-electron chi connectivity index (χ0n) is 15.9. The molecule has 1 aliphatic carbocycles. The highest BCUT2D eigenvalue weighted by molar-refractivity contribution is 14.0. The summed E-state index contributed by atoms with van der Waals surface area (Å²) < 4.78 is 16.7. The Hall–Kier alpha value is -0.800. The van der Waals surface area contributed by atoms with Gasteiger partial charge in [0.2, 0.25) is 0 Å². The molecule has 1 saturated carbocycles. The van der Waals surface area contributed by atoms with E-state index in [-0.39, 0.29) is 24.0 Å². The number of aliphatic imine (C=N–C) groups is 1. The van der Waals surface area contributed by atoms with E-state index in [1.165, 1.54) is 32.1 Å². The number of ether oxygens (including phenoxy) is 2. The van der Waals surface area contributed by atoms with Crippen LogP contribution in [0.2, 0.25) is 0 Å². The Kier molecular flexibility index (Phi) is 13.7. The molecule has 7 heteroatoms. The maximum absolute atomic E-state index is 5.93. The molecule has 2 rings (SSSR count). The summed E-state index contributed by atoms with van der Waals surface area (Å²) in [7, 11) is 1.79. The molecule has 0 spiro atoms. The van der Waals surface area contributed by atoms with Crippen LogP contribution in [0.25, 0.3) is 0 Å². The molecule has 1 aliphatic rings. The number of guanidine groups is 1. The van der Waals surface area contributed by atoms with E-state index in [0.717, 1.165) is 44.3 Å². The number of rotatable bonds is 11. The molecule has 2 N–H and O–H groups in total. The van der Waals surface area contributed by atoms with Gasteiger partial charge in [0, 0.05) is 33.4 Å². The van der Waals surface area contributed by atoms with Crippen LogP contribution in [-0.4, -0.2) is 45.4 Å². The van der Waals surface area contributed by atoms with Crippen LogP contribution in [0, 0.1) is 0 Å². The van der Waals surface area contributed by atoms with Gasteiger partial charge in [-0.25, -0.2) is 0 Å². The second-order valence-corrected chi connectivity index (χ2v) is 6.40. The Morgan fingerprint density at radius 1 is 1.15 bits per heavy atom. The number of nitrogens with zero attached hydrogens (tertiary/aromatic N) is 1. The first kappa shape index (κ1) is 23.2. The molecule has 0 atom stereocenters. The monoisotopic (exact) mass is 479 g/mol. The fourth-order valence-electron chi connectivity index (χ4n) is 2.93. The Bertz CT molecular complexity index is 463. The molecule has 150 valence electrons. The molecule has 1 aromatic rings. The largest absolute Gasteiger partial charge is 0.467 e. The van der Waals surface area contributed by atoms with Crippen molar-refractivity contribution in [1.29, 1.82) is 0 Å². The van der Waals surface area contributed by atoms with Crippen LogP contribution in [0.4, 0.5) is 0 Å². The normalized spacial score (nSPS) is 15.5. The topological polar surface area (TPSA) is 68.0 Å². The zero-order valence-corrected chi connectivity index (χ0v) is 18.2. The number of furan rings is 1. The Morgan fingerprint density at radius 2 is 1.88 bits per heavy atom. The minimum atomic E-state index is 0. The Balaban J connectivity index is 0.00000338. The van der Waals surface area contributed by atoms with E-state index in [2.05, 4.69) is 15.6 Å². The van der Waals surface area contributed by atoms with E-state index in [1.54, 1.807) is 13.3 Å². The molecule has 0 radical (unpaired) electrons. The Morgan fingerprint density at radius 3 is 2.54 bits per heavy atom. The van der Waals surface area contributed by atoms with Crippen LogP contribution in [0.3, 0.4) is 0 Å². The summed E-state index contributed by atoms with van der Waals surface area (Å²) in [6.07, 6.45) is 10.6.